The van der Waals surface area contributed by atoms with Crippen molar-refractivity contribution in [2.75, 3.05) is 36.0 Å². The molecule has 2 fully saturated rings. The van der Waals surface area contributed by atoms with Crippen molar-refractivity contribution in [1.29, 1.82) is 0 Å². The smallest absolute Gasteiger partial charge is 0.225 e. The Morgan fingerprint density at radius 3 is 2.48 bits per heavy atom. The molecule has 0 aliphatic carbocycles. The lowest BCUT2D eigenvalue weighted by Crippen LogP contribution is -2.36. The average molecular weight is 420 g/mol. The van der Waals surface area contributed by atoms with E-state index in [1.165, 1.54) is 12.8 Å². The lowest BCUT2D eigenvalue weighted by atomic mass is 9.90. The SMILES string of the molecule is Cc1cc(-c2cnc(N3CCC[C@H](C)C3)nc2C2CCN(c3ncccn3)CC2)on1. The van der Waals surface area contributed by atoms with Crippen molar-refractivity contribution in [2.24, 2.45) is 5.92 Å². The van der Waals surface area contributed by atoms with Crippen LogP contribution in [0.15, 0.2) is 35.2 Å². The Bertz CT molecular complexity index is 1010. The number of anilines is 2. The van der Waals surface area contributed by atoms with Gasteiger partial charge in [0.25, 0.3) is 0 Å². The molecule has 0 radical (unpaired) electrons. The molecule has 8 heteroatoms. The van der Waals surface area contributed by atoms with Gasteiger partial charge in [0.1, 0.15) is 0 Å². The van der Waals surface area contributed by atoms with E-state index in [1.54, 1.807) is 12.4 Å². The molecular weight excluding hydrogens is 390 g/mol. The highest BCUT2D eigenvalue weighted by molar-refractivity contribution is 5.61. The number of aromatic nitrogens is 5. The van der Waals surface area contributed by atoms with Crippen molar-refractivity contribution >= 4 is 11.9 Å². The molecule has 0 spiro atoms. The minimum absolute atomic E-state index is 0.337. The second-order valence-corrected chi connectivity index (χ2v) is 8.80. The third-order valence-electron chi connectivity index (χ3n) is 6.36. The van der Waals surface area contributed by atoms with Crippen LogP contribution in [0.25, 0.3) is 11.3 Å². The van der Waals surface area contributed by atoms with Gasteiger partial charge < -0.3 is 14.3 Å². The predicted molar refractivity (Wildman–Crippen MR) is 119 cm³/mol. The standard InChI is InChI=1S/C23H29N7O/c1-16-5-3-10-30(15-16)23-26-14-19(20-13-17(2)28-31-20)21(27-23)18-6-11-29(12-7-18)22-24-8-4-9-25-22/h4,8-9,13-14,16,18H,3,5-7,10-12,15H2,1-2H3/t16-/m0/s1. The first kappa shape index (κ1) is 19.9. The van der Waals surface area contributed by atoms with E-state index in [0.29, 0.717) is 11.8 Å². The van der Waals surface area contributed by atoms with Crippen LogP contribution in [-0.2, 0) is 0 Å². The van der Waals surface area contributed by atoms with Crippen LogP contribution >= 0.6 is 0 Å². The van der Waals surface area contributed by atoms with Crippen LogP contribution in [0.2, 0.25) is 0 Å². The topological polar surface area (TPSA) is 84.1 Å². The van der Waals surface area contributed by atoms with Gasteiger partial charge in [-0.2, -0.15) is 0 Å². The Balaban J connectivity index is 1.43. The van der Waals surface area contributed by atoms with E-state index in [9.17, 15) is 0 Å². The molecule has 0 unspecified atom stereocenters. The summed E-state index contributed by atoms with van der Waals surface area (Å²) in [6.07, 6.45) is 9.99. The Kier molecular flexibility index (Phi) is 5.53. The van der Waals surface area contributed by atoms with Crippen LogP contribution in [0.1, 0.15) is 49.9 Å². The van der Waals surface area contributed by atoms with Crippen molar-refractivity contribution in [3.05, 3.63) is 42.1 Å². The summed E-state index contributed by atoms with van der Waals surface area (Å²) in [7, 11) is 0. The van der Waals surface area contributed by atoms with Crippen LogP contribution in [0.5, 0.6) is 0 Å². The minimum atomic E-state index is 0.337. The van der Waals surface area contributed by atoms with Crippen molar-refractivity contribution in [1.82, 2.24) is 25.1 Å². The molecule has 3 aromatic heterocycles. The molecule has 2 aliphatic heterocycles. The Morgan fingerprint density at radius 2 is 1.77 bits per heavy atom. The molecule has 2 aliphatic rings. The third kappa shape index (κ3) is 4.24. The maximum atomic E-state index is 5.60. The molecule has 3 aromatic rings. The molecule has 0 amide bonds. The van der Waals surface area contributed by atoms with Crippen LogP contribution < -0.4 is 9.80 Å². The summed E-state index contributed by atoms with van der Waals surface area (Å²) in [4.78, 5) is 23.3. The molecule has 5 rings (SSSR count). The van der Waals surface area contributed by atoms with E-state index in [-0.39, 0.29) is 0 Å². The zero-order valence-corrected chi connectivity index (χ0v) is 18.2. The maximum absolute atomic E-state index is 5.60. The highest BCUT2D eigenvalue weighted by Gasteiger charge is 2.28. The highest BCUT2D eigenvalue weighted by Crippen LogP contribution is 2.36. The van der Waals surface area contributed by atoms with E-state index >= 15 is 0 Å². The van der Waals surface area contributed by atoms with Gasteiger partial charge in [0.15, 0.2) is 5.76 Å². The largest absolute Gasteiger partial charge is 0.356 e. The van der Waals surface area contributed by atoms with E-state index in [1.807, 2.05) is 25.3 Å². The van der Waals surface area contributed by atoms with Crippen LogP contribution in [0, 0.1) is 12.8 Å². The van der Waals surface area contributed by atoms with Gasteiger partial charge in [-0.3, -0.25) is 0 Å². The number of hydrogen-bond acceptors (Lipinski definition) is 8. The van der Waals surface area contributed by atoms with E-state index < -0.39 is 0 Å². The summed E-state index contributed by atoms with van der Waals surface area (Å²) in [6, 6.07) is 3.82. The van der Waals surface area contributed by atoms with Gasteiger partial charge in [0.05, 0.1) is 17.0 Å². The molecule has 0 bridgehead atoms. The molecule has 5 heterocycles. The fourth-order valence-corrected chi connectivity index (χ4v) is 4.71. The zero-order chi connectivity index (χ0) is 21.2. The van der Waals surface area contributed by atoms with Crippen molar-refractivity contribution in [3.63, 3.8) is 0 Å². The molecule has 0 aromatic carbocycles. The normalized spacial score (nSPS) is 20.3. The van der Waals surface area contributed by atoms with Gasteiger partial charge in [-0.05, 0) is 44.6 Å². The number of aryl methyl sites for hydroxylation is 1. The fourth-order valence-electron chi connectivity index (χ4n) is 4.71. The average Bonchev–Trinajstić information content (AvgIpc) is 3.25. The highest BCUT2D eigenvalue weighted by atomic mass is 16.5. The third-order valence-corrected chi connectivity index (χ3v) is 6.36. The first-order chi connectivity index (χ1) is 15.2. The monoisotopic (exact) mass is 419 g/mol. The Labute approximate surface area is 182 Å². The number of rotatable bonds is 4. The Hall–Kier alpha value is -3.03. The van der Waals surface area contributed by atoms with Crippen LogP contribution in [0.4, 0.5) is 11.9 Å². The van der Waals surface area contributed by atoms with Gasteiger partial charge in [-0.15, -0.1) is 0 Å². The summed E-state index contributed by atoms with van der Waals surface area (Å²) in [5, 5.41) is 4.09. The van der Waals surface area contributed by atoms with Crippen molar-refractivity contribution in [3.8, 4) is 11.3 Å². The molecular formula is C23H29N7O. The fraction of sp³-hybridized carbons (Fsp3) is 0.522. The number of hydrogen-bond donors (Lipinski definition) is 0. The van der Waals surface area contributed by atoms with Crippen LogP contribution in [-0.4, -0.2) is 51.3 Å². The van der Waals surface area contributed by atoms with Gasteiger partial charge in [0.2, 0.25) is 11.9 Å². The molecule has 1 atom stereocenters. The van der Waals surface area contributed by atoms with Gasteiger partial charge in [-0.1, -0.05) is 12.1 Å². The summed E-state index contributed by atoms with van der Waals surface area (Å²) in [5.41, 5.74) is 2.91. The predicted octanol–water partition coefficient (Wildman–Crippen LogP) is 3.85. The van der Waals surface area contributed by atoms with Crippen LogP contribution in [0.3, 0.4) is 0 Å². The summed E-state index contributed by atoms with van der Waals surface area (Å²) in [6.45, 7) is 8.10. The van der Waals surface area contributed by atoms with Gasteiger partial charge in [0, 0.05) is 56.8 Å². The first-order valence-electron chi connectivity index (χ1n) is 11.2. The minimum Gasteiger partial charge on any atom is -0.356 e. The molecule has 0 saturated carbocycles. The van der Waals surface area contributed by atoms with E-state index in [4.69, 9.17) is 14.5 Å². The maximum Gasteiger partial charge on any atom is 0.225 e. The summed E-state index contributed by atoms with van der Waals surface area (Å²) < 4.78 is 5.60. The summed E-state index contributed by atoms with van der Waals surface area (Å²) >= 11 is 0. The molecule has 8 nitrogen and oxygen atoms in total. The Morgan fingerprint density at radius 1 is 0.968 bits per heavy atom. The molecule has 162 valence electrons. The lowest BCUT2D eigenvalue weighted by molar-refractivity contribution is 0.423. The second-order valence-electron chi connectivity index (χ2n) is 8.80. The summed E-state index contributed by atoms with van der Waals surface area (Å²) in [5.74, 6) is 3.41. The molecule has 2 saturated heterocycles. The van der Waals surface area contributed by atoms with Gasteiger partial charge >= 0.3 is 0 Å². The second kappa shape index (κ2) is 8.61. The molecule has 31 heavy (non-hydrogen) atoms. The lowest BCUT2D eigenvalue weighted by Gasteiger charge is -2.34. The quantitative estimate of drug-likeness (QED) is 0.630. The van der Waals surface area contributed by atoms with E-state index in [2.05, 4.69) is 31.8 Å². The first-order valence-corrected chi connectivity index (χ1v) is 11.2. The van der Waals surface area contributed by atoms with Gasteiger partial charge in [-0.25, -0.2) is 19.9 Å². The van der Waals surface area contributed by atoms with Crippen molar-refractivity contribution in [2.45, 2.75) is 45.4 Å². The van der Waals surface area contributed by atoms with E-state index in [0.717, 1.165) is 73.6 Å². The molecule has 0 N–H and O–H groups in total. The number of nitrogens with zero attached hydrogens (tertiary/aromatic N) is 7. The zero-order valence-electron chi connectivity index (χ0n) is 18.2. The van der Waals surface area contributed by atoms with Crippen molar-refractivity contribution < 1.29 is 4.52 Å². The number of piperidine rings is 2.